The second-order valence-electron chi connectivity index (χ2n) is 11.6. The van der Waals surface area contributed by atoms with Crippen molar-refractivity contribution in [1.82, 2.24) is 10.2 Å². The van der Waals surface area contributed by atoms with Crippen molar-refractivity contribution in [3.05, 3.63) is 132 Å². The first-order valence-electron chi connectivity index (χ1n) is 15.6. The summed E-state index contributed by atoms with van der Waals surface area (Å²) in [6, 6.07) is 29.2. The Hall–Kier alpha value is -4.50. The molecule has 0 radical (unpaired) electrons. The Bertz CT molecular complexity index is 1660. The molecule has 2 amide bonds. The van der Waals surface area contributed by atoms with Crippen molar-refractivity contribution < 1.29 is 22.4 Å². The van der Waals surface area contributed by atoms with Crippen molar-refractivity contribution in [1.29, 1.82) is 0 Å². The van der Waals surface area contributed by atoms with E-state index >= 15 is 0 Å². The van der Waals surface area contributed by atoms with Crippen LogP contribution in [-0.4, -0.2) is 44.3 Å². The summed E-state index contributed by atoms with van der Waals surface area (Å²) >= 11 is 0. The van der Waals surface area contributed by atoms with E-state index in [2.05, 4.69) is 5.32 Å². The second-order valence-corrected chi connectivity index (χ2v) is 13.4. The van der Waals surface area contributed by atoms with Gasteiger partial charge in [-0.15, -0.1) is 0 Å². The molecule has 0 bridgehead atoms. The maximum absolute atomic E-state index is 14.5. The number of carbonyl (C=O) groups is 2. The minimum atomic E-state index is -4.18. The molecule has 0 aromatic heterocycles. The fourth-order valence-corrected chi connectivity index (χ4v) is 6.56. The molecule has 0 unspecified atom stereocenters. The Morgan fingerprint density at radius 3 is 2.00 bits per heavy atom. The van der Waals surface area contributed by atoms with E-state index in [-0.39, 0.29) is 29.7 Å². The van der Waals surface area contributed by atoms with Gasteiger partial charge >= 0.3 is 0 Å². The molecule has 0 saturated heterocycles. The number of anilines is 1. The Labute approximate surface area is 272 Å². The molecule has 0 fully saturated rings. The van der Waals surface area contributed by atoms with Crippen LogP contribution in [-0.2, 0) is 32.6 Å². The summed E-state index contributed by atoms with van der Waals surface area (Å²) in [5, 5.41) is 2.97. The number of amides is 2. The fraction of sp³-hybridized carbons (Fsp3) is 0.297. The van der Waals surface area contributed by atoms with Gasteiger partial charge in [0.25, 0.3) is 10.0 Å². The SMILES string of the molecule is CCCCNC(=O)[C@@H](Cc1ccccc1)N(Cc1ccc(F)cc1)C(=O)CN(c1ccc(C(C)C)cc1)S(=O)(=O)c1ccccc1. The number of halogens is 1. The van der Waals surface area contributed by atoms with Crippen molar-refractivity contribution in [3.8, 4) is 0 Å². The Morgan fingerprint density at radius 2 is 1.41 bits per heavy atom. The van der Waals surface area contributed by atoms with Gasteiger partial charge in [-0.1, -0.05) is 100.0 Å². The lowest BCUT2D eigenvalue weighted by molar-refractivity contribution is -0.140. The van der Waals surface area contributed by atoms with Gasteiger partial charge in [0.15, 0.2) is 0 Å². The summed E-state index contributed by atoms with van der Waals surface area (Å²) in [5.41, 5.74) is 2.80. The lowest BCUT2D eigenvalue weighted by Gasteiger charge is -2.34. The molecule has 9 heteroatoms. The molecule has 46 heavy (non-hydrogen) atoms. The predicted molar refractivity (Wildman–Crippen MR) is 180 cm³/mol. The van der Waals surface area contributed by atoms with Crippen LogP contribution in [0.1, 0.15) is 56.2 Å². The van der Waals surface area contributed by atoms with Gasteiger partial charge in [-0.25, -0.2) is 12.8 Å². The van der Waals surface area contributed by atoms with Gasteiger partial charge in [0.2, 0.25) is 11.8 Å². The third-order valence-electron chi connectivity index (χ3n) is 7.82. The molecule has 0 aliphatic rings. The van der Waals surface area contributed by atoms with E-state index in [0.717, 1.165) is 28.3 Å². The lowest BCUT2D eigenvalue weighted by Crippen LogP contribution is -2.53. The summed E-state index contributed by atoms with van der Waals surface area (Å²) in [5.74, 6) is -1.11. The minimum absolute atomic E-state index is 0.0245. The van der Waals surface area contributed by atoms with E-state index in [4.69, 9.17) is 0 Å². The summed E-state index contributed by atoms with van der Waals surface area (Å²) in [4.78, 5) is 29.7. The van der Waals surface area contributed by atoms with Crippen molar-refractivity contribution in [2.45, 2.75) is 63.4 Å². The summed E-state index contributed by atoms with van der Waals surface area (Å²) in [6.07, 6.45) is 1.86. The Kier molecular flexibility index (Phi) is 12.1. The van der Waals surface area contributed by atoms with E-state index in [1.165, 1.54) is 29.2 Å². The number of rotatable bonds is 15. The van der Waals surface area contributed by atoms with Crippen LogP contribution in [0.5, 0.6) is 0 Å². The van der Waals surface area contributed by atoms with E-state index in [9.17, 15) is 22.4 Å². The van der Waals surface area contributed by atoms with Gasteiger partial charge in [0.1, 0.15) is 18.4 Å². The molecule has 242 valence electrons. The van der Waals surface area contributed by atoms with Gasteiger partial charge < -0.3 is 10.2 Å². The van der Waals surface area contributed by atoms with Gasteiger partial charge in [-0.3, -0.25) is 13.9 Å². The molecule has 0 spiro atoms. The van der Waals surface area contributed by atoms with E-state index < -0.39 is 34.3 Å². The van der Waals surface area contributed by atoms with Crippen LogP contribution < -0.4 is 9.62 Å². The first-order valence-corrected chi connectivity index (χ1v) is 17.1. The van der Waals surface area contributed by atoms with Gasteiger partial charge in [-0.2, -0.15) is 0 Å². The second kappa shape index (κ2) is 16.2. The average Bonchev–Trinajstić information content (AvgIpc) is 3.07. The number of hydrogen-bond donors (Lipinski definition) is 1. The molecule has 4 rings (SSSR count). The maximum Gasteiger partial charge on any atom is 0.264 e. The molecule has 1 atom stereocenters. The normalized spacial score (nSPS) is 12.0. The van der Waals surface area contributed by atoms with Gasteiger partial charge in [0, 0.05) is 19.5 Å². The molecule has 0 aliphatic carbocycles. The van der Waals surface area contributed by atoms with Crippen LogP contribution in [0.25, 0.3) is 0 Å². The largest absolute Gasteiger partial charge is 0.354 e. The standard InChI is InChI=1S/C37H42FN3O4S/c1-4-5-24-39-37(43)35(25-29-12-8-6-9-13-29)40(26-30-16-20-32(38)21-17-30)36(42)27-41(33-22-18-31(19-23-33)28(2)3)46(44,45)34-14-10-7-11-15-34/h6-23,28,35H,4-5,24-27H2,1-3H3,(H,39,43)/t35-/m1/s1. The van der Waals surface area contributed by atoms with E-state index in [1.54, 1.807) is 42.5 Å². The van der Waals surface area contributed by atoms with Crippen molar-refractivity contribution in [2.24, 2.45) is 0 Å². The summed E-state index contributed by atoms with van der Waals surface area (Å²) < 4.78 is 43.2. The summed E-state index contributed by atoms with van der Waals surface area (Å²) in [7, 11) is -4.18. The fourth-order valence-electron chi connectivity index (χ4n) is 5.12. The van der Waals surface area contributed by atoms with Crippen LogP contribution >= 0.6 is 0 Å². The average molecular weight is 644 g/mol. The number of hydrogen-bond acceptors (Lipinski definition) is 4. The zero-order chi connectivity index (χ0) is 33.1. The summed E-state index contributed by atoms with van der Waals surface area (Å²) in [6.45, 7) is 5.98. The Morgan fingerprint density at radius 1 is 0.804 bits per heavy atom. The highest BCUT2D eigenvalue weighted by atomic mass is 32.2. The van der Waals surface area contributed by atoms with Crippen LogP contribution in [0.3, 0.4) is 0 Å². The smallest absolute Gasteiger partial charge is 0.264 e. The van der Waals surface area contributed by atoms with Crippen LogP contribution in [0, 0.1) is 5.82 Å². The quantitative estimate of drug-likeness (QED) is 0.146. The minimum Gasteiger partial charge on any atom is -0.354 e. The van der Waals surface area contributed by atoms with E-state index in [1.807, 2.05) is 63.2 Å². The van der Waals surface area contributed by atoms with Crippen molar-refractivity contribution >= 4 is 27.5 Å². The molecular formula is C37H42FN3O4S. The number of sulfonamides is 1. The number of nitrogens with one attached hydrogen (secondary N) is 1. The highest BCUT2D eigenvalue weighted by Gasteiger charge is 2.34. The highest BCUT2D eigenvalue weighted by molar-refractivity contribution is 7.92. The molecule has 0 saturated carbocycles. The Balaban J connectivity index is 1.78. The molecule has 0 aliphatic heterocycles. The molecule has 7 nitrogen and oxygen atoms in total. The number of nitrogens with zero attached hydrogens (tertiary/aromatic N) is 2. The zero-order valence-corrected chi connectivity index (χ0v) is 27.4. The number of benzene rings is 4. The molecule has 4 aromatic carbocycles. The topological polar surface area (TPSA) is 86.8 Å². The highest BCUT2D eigenvalue weighted by Crippen LogP contribution is 2.27. The third kappa shape index (κ3) is 9.03. The van der Waals surface area contributed by atoms with Gasteiger partial charge in [-0.05, 0) is 65.4 Å². The zero-order valence-electron chi connectivity index (χ0n) is 26.6. The molecule has 1 N–H and O–H groups in total. The van der Waals surface area contributed by atoms with E-state index in [0.29, 0.717) is 17.8 Å². The third-order valence-corrected chi connectivity index (χ3v) is 9.61. The first kappa shape index (κ1) is 34.4. The maximum atomic E-state index is 14.5. The molecule has 0 heterocycles. The molecule has 4 aromatic rings. The predicted octanol–water partition coefficient (Wildman–Crippen LogP) is 6.70. The monoisotopic (exact) mass is 643 g/mol. The van der Waals surface area contributed by atoms with Crippen LogP contribution in [0.2, 0.25) is 0 Å². The van der Waals surface area contributed by atoms with Crippen LogP contribution in [0.4, 0.5) is 10.1 Å². The number of unbranched alkanes of at least 4 members (excludes halogenated alkanes) is 1. The van der Waals surface area contributed by atoms with Crippen LogP contribution in [0.15, 0.2) is 114 Å². The lowest BCUT2D eigenvalue weighted by atomic mass is 10.0. The number of carbonyl (C=O) groups excluding carboxylic acids is 2. The van der Waals surface area contributed by atoms with Crippen molar-refractivity contribution in [2.75, 3.05) is 17.4 Å². The van der Waals surface area contributed by atoms with Crippen molar-refractivity contribution in [3.63, 3.8) is 0 Å². The molecular weight excluding hydrogens is 601 g/mol. The first-order chi connectivity index (χ1) is 22.1. The van der Waals surface area contributed by atoms with Gasteiger partial charge in [0.05, 0.1) is 10.6 Å².